The molecule has 0 saturated carbocycles. The van der Waals surface area contributed by atoms with Gasteiger partial charge in [0, 0.05) is 68.3 Å². The Labute approximate surface area is 247 Å². The second-order valence-corrected chi connectivity index (χ2v) is 11.8. The molecule has 0 radical (unpaired) electrons. The normalized spacial score (nSPS) is 14.7. The Kier molecular flexibility index (Phi) is 8.92. The van der Waals surface area contributed by atoms with E-state index in [1.165, 1.54) is 0 Å². The van der Waals surface area contributed by atoms with Gasteiger partial charge in [-0.1, -0.05) is 25.4 Å². The first kappa shape index (κ1) is 29.0. The number of hydrogen-bond donors (Lipinski definition) is 1. The SMILES string of the molecule is CC(C)c1cc(Nc2nc3cc(Oc4ccnc(CC(=O)CN5CCN(C(C)C)CC5)c4)ccc3n2C)ccc1Cl. The largest absolute Gasteiger partial charge is 0.457 e. The summed E-state index contributed by atoms with van der Waals surface area (Å²) < 4.78 is 8.18. The number of Topliss-reactive ketones (excluding diaryl/α,β-unsaturated/α-hetero) is 1. The van der Waals surface area contributed by atoms with Crippen molar-refractivity contribution in [1.82, 2.24) is 24.3 Å². The van der Waals surface area contributed by atoms with Crippen molar-refractivity contribution >= 4 is 40.1 Å². The Balaban J connectivity index is 1.23. The number of ketones is 1. The first-order valence-electron chi connectivity index (χ1n) is 14.3. The Bertz CT molecular complexity index is 1520. The maximum absolute atomic E-state index is 12.8. The van der Waals surface area contributed by atoms with Crippen LogP contribution < -0.4 is 10.1 Å². The zero-order chi connectivity index (χ0) is 29.1. The van der Waals surface area contributed by atoms with E-state index >= 15 is 0 Å². The molecule has 8 nitrogen and oxygen atoms in total. The van der Waals surface area contributed by atoms with Gasteiger partial charge in [0.15, 0.2) is 5.78 Å². The van der Waals surface area contributed by atoms with E-state index in [1.807, 2.05) is 54.1 Å². The molecule has 2 aromatic heterocycles. The Hall–Kier alpha value is -3.46. The van der Waals surface area contributed by atoms with Crippen LogP contribution >= 0.6 is 11.6 Å². The summed E-state index contributed by atoms with van der Waals surface area (Å²) in [5, 5.41) is 4.19. The summed E-state index contributed by atoms with van der Waals surface area (Å²) in [4.78, 5) is 26.7. The van der Waals surface area contributed by atoms with E-state index < -0.39 is 0 Å². The van der Waals surface area contributed by atoms with Crippen molar-refractivity contribution in [2.75, 3.05) is 38.0 Å². The number of carbonyl (C=O) groups excluding carboxylic acids is 1. The van der Waals surface area contributed by atoms with Crippen molar-refractivity contribution in [3.05, 3.63) is 71.0 Å². The summed E-state index contributed by atoms with van der Waals surface area (Å²) in [7, 11) is 1.98. The molecule has 9 heteroatoms. The van der Waals surface area contributed by atoms with Gasteiger partial charge in [-0.15, -0.1) is 0 Å². The predicted molar refractivity (Wildman–Crippen MR) is 166 cm³/mol. The molecule has 0 amide bonds. The number of halogens is 1. The number of imidazole rings is 1. The van der Waals surface area contributed by atoms with Gasteiger partial charge in [0.2, 0.25) is 5.95 Å². The van der Waals surface area contributed by atoms with Crippen LogP contribution in [0, 0.1) is 0 Å². The third kappa shape index (κ3) is 7.07. The van der Waals surface area contributed by atoms with E-state index in [9.17, 15) is 4.79 Å². The smallest absolute Gasteiger partial charge is 0.208 e. The van der Waals surface area contributed by atoms with Gasteiger partial charge >= 0.3 is 0 Å². The van der Waals surface area contributed by atoms with Gasteiger partial charge < -0.3 is 14.6 Å². The Morgan fingerprint density at radius 3 is 2.49 bits per heavy atom. The highest BCUT2D eigenvalue weighted by atomic mass is 35.5. The third-order valence-electron chi connectivity index (χ3n) is 7.67. The van der Waals surface area contributed by atoms with Crippen LogP contribution in [-0.4, -0.2) is 68.9 Å². The lowest BCUT2D eigenvalue weighted by molar-refractivity contribution is -0.120. The summed E-state index contributed by atoms with van der Waals surface area (Å²) in [6, 6.07) is 16.0. The maximum atomic E-state index is 12.8. The number of ether oxygens (including phenoxy) is 1. The Morgan fingerprint density at radius 2 is 1.76 bits per heavy atom. The molecular weight excluding hydrogens is 536 g/mol. The number of benzene rings is 2. The average molecular weight is 575 g/mol. The third-order valence-corrected chi connectivity index (χ3v) is 8.01. The van der Waals surface area contributed by atoms with Gasteiger partial charge in [-0.25, -0.2) is 4.98 Å². The van der Waals surface area contributed by atoms with Crippen molar-refractivity contribution in [3.8, 4) is 11.5 Å². The molecule has 0 spiro atoms. The highest BCUT2D eigenvalue weighted by Gasteiger charge is 2.21. The van der Waals surface area contributed by atoms with Crippen LogP contribution in [-0.2, 0) is 18.3 Å². The molecule has 0 atom stereocenters. The highest BCUT2D eigenvalue weighted by Crippen LogP contribution is 2.31. The number of aromatic nitrogens is 3. The number of rotatable bonds is 10. The number of pyridine rings is 1. The summed E-state index contributed by atoms with van der Waals surface area (Å²) in [6.07, 6.45) is 1.98. The standard InChI is InChI=1S/C32H39ClN6O2/c1-21(2)28-18-23(6-8-29(28)33)35-32-36-30-19-26(7-9-31(30)37(32)5)41-27-10-11-34-24(17-27)16-25(40)20-38-12-14-39(15-13-38)22(3)4/h6-11,17-19,21-22H,12-16,20H2,1-5H3,(H,35,36). The van der Waals surface area contributed by atoms with Gasteiger partial charge in [0.05, 0.1) is 29.7 Å². The fraction of sp³-hybridized carbons (Fsp3) is 0.406. The lowest BCUT2D eigenvalue weighted by Gasteiger charge is -2.36. The number of nitrogens with one attached hydrogen (secondary N) is 1. The molecule has 41 heavy (non-hydrogen) atoms. The number of anilines is 2. The zero-order valence-corrected chi connectivity index (χ0v) is 25.3. The monoisotopic (exact) mass is 574 g/mol. The van der Waals surface area contributed by atoms with Gasteiger partial charge in [-0.3, -0.25) is 19.6 Å². The lowest BCUT2D eigenvalue weighted by Crippen LogP contribution is -2.50. The molecule has 5 rings (SSSR count). The summed E-state index contributed by atoms with van der Waals surface area (Å²) >= 11 is 6.37. The van der Waals surface area contributed by atoms with Gasteiger partial charge in [0.25, 0.3) is 0 Å². The molecule has 3 heterocycles. The minimum atomic E-state index is 0.170. The molecule has 1 aliphatic heterocycles. The van der Waals surface area contributed by atoms with E-state index in [-0.39, 0.29) is 5.78 Å². The second-order valence-electron chi connectivity index (χ2n) is 11.4. The van der Waals surface area contributed by atoms with Crippen LogP contribution in [0.15, 0.2) is 54.7 Å². The first-order chi connectivity index (χ1) is 19.7. The molecule has 1 N–H and O–H groups in total. The molecule has 0 unspecified atom stereocenters. The van der Waals surface area contributed by atoms with Crippen molar-refractivity contribution in [2.24, 2.45) is 7.05 Å². The van der Waals surface area contributed by atoms with E-state index in [4.69, 9.17) is 21.3 Å². The van der Waals surface area contributed by atoms with Crippen molar-refractivity contribution in [1.29, 1.82) is 0 Å². The van der Waals surface area contributed by atoms with Crippen LogP contribution in [0.25, 0.3) is 11.0 Å². The number of nitrogens with zero attached hydrogens (tertiary/aromatic N) is 5. The predicted octanol–water partition coefficient (Wildman–Crippen LogP) is 6.42. The molecule has 1 aliphatic rings. The topological polar surface area (TPSA) is 75.5 Å². The molecule has 0 aliphatic carbocycles. The minimum Gasteiger partial charge on any atom is -0.457 e. The number of piperazine rings is 1. The molecule has 4 aromatic rings. The lowest BCUT2D eigenvalue weighted by atomic mass is 10.0. The number of carbonyl (C=O) groups is 1. The number of hydrogen-bond acceptors (Lipinski definition) is 7. The van der Waals surface area contributed by atoms with E-state index in [0.717, 1.165) is 59.4 Å². The fourth-order valence-corrected chi connectivity index (χ4v) is 5.58. The molecule has 1 saturated heterocycles. The van der Waals surface area contributed by atoms with Crippen molar-refractivity contribution in [2.45, 2.75) is 46.1 Å². The zero-order valence-electron chi connectivity index (χ0n) is 24.5. The van der Waals surface area contributed by atoms with Crippen molar-refractivity contribution < 1.29 is 9.53 Å². The van der Waals surface area contributed by atoms with Gasteiger partial charge in [0.1, 0.15) is 11.5 Å². The molecule has 216 valence electrons. The maximum Gasteiger partial charge on any atom is 0.208 e. The highest BCUT2D eigenvalue weighted by molar-refractivity contribution is 6.31. The van der Waals surface area contributed by atoms with E-state index in [1.54, 1.807) is 6.20 Å². The minimum absolute atomic E-state index is 0.170. The molecule has 0 bridgehead atoms. The number of fused-ring (bicyclic) bond motifs is 1. The Morgan fingerprint density at radius 1 is 1.00 bits per heavy atom. The van der Waals surface area contributed by atoms with E-state index in [2.05, 4.69) is 53.9 Å². The van der Waals surface area contributed by atoms with Crippen LogP contribution in [0.5, 0.6) is 11.5 Å². The van der Waals surface area contributed by atoms with Crippen LogP contribution in [0.2, 0.25) is 5.02 Å². The second kappa shape index (κ2) is 12.6. The molecular formula is C32H39ClN6O2. The van der Waals surface area contributed by atoms with Crippen LogP contribution in [0.1, 0.15) is 44.9 Å². The van der Waals surface area contributed by atoms with E-state index in [0.29, 0.717) is 42.1 Å². The quantitative estimate of drug-likeness (QED) is 0.234. The van der Waals surface area contributed by atoms with Gasteiger partial charge in [-0.05, 0) is 61.7 Å². The number of aryl methyl sites for hydroxylation is 1. The average Bonchev–Trinajstić information content (AvgIpc) is 3.24. The summed E-state index contributed by atoms with van der Waals surface area (Å²) in [6.45, 7) is 13.0. The summed E-state index contributed by atoms with van der Waals surface area (Å²) in [5.74, 6) is 2.53. The van der Waals surface area contributed by atoms with Gasteiger partial charge in [-0.2, -0.15) is 0 Å². The van der Waals surface area contributed by atoms with Crippen molar-refractivity contribution in [3.63, 3.8) is 0 Å². The summed E-state index contributed by atoms with van der Waals surface area (Å²) in [5.41, 5.74) is 4.53. The molecule has 2 aromatic carbocycles. The van der Waals surface area contributed by atoms with Crippen LogP contribution in [0.4, 0.5) is 11.6 Å². The van der Waals surface area contributed by atoms with Crippen LogP contribution in [0.3, 0.4) is 0 Å². The first-order valence-corrected chi connectivity index (χ1v) is 14.7. The molecule has 1 fully saturated rings. The fourth-order valence-electron chi connectivity index (χ4n) is 5.25.